The Balaban J connectivity index is 1.27. The molecule has 4 nitrogen and oxygen atoms in total. The molecule has 0 spiro atoms. The molecule has 1 amide bonds. The van der Waals surface area contributed by atoms with Gasteiger partial charge in [0, 0.05) is 21.9 Å². The van der Waals surface area contributed by atoms with Gasteiger partial charge in [-0.2, -0.15) is 0 Å². The molecule has 1 saturated carbocycles. The molecule has 6 heteroatoms. The van der Waals surface area contributed by atoms with Crippen molar-refractivity contribution in [2.24, 2.45) is 5.92 Å². The van der Waals surface area contributed by atoms with Crippen LogP contribution in [0.5, 0.6) is 5.75 Å². The second-order valence-electron chi connectivity index (χ2n) is 7.99. The van der Waals surface area contributed by atoms with Crippen LogP contribution in [0.25, 0.3) is 17.3 Å². The van der Waals surface area contributed by atoms with E-state index >= 15 is 0 Å². The smallest absolute Gasteiger partial charge is 0.250 e. The van der Waals surface area contributed by atoms with Crippen LogP contribution in [0.1, 0.15) is 49.0 Å². The van der Waals surface area contributed by atoms with Gasteiger partial charge in [0.05, 0.1) is 12.8 Å². The number of carbonyl (C=O) groups excluding carboxylic acids is 1. The summed E-state index contributed by atoms with van der Waals surface area (Å²) in [6.07, 6.45) is 12.9. The molecule has 0 unspecified atom stereocenters. The summed E-state index contributed by atoms with van der Waals surface area (Å²) in [5, 5.41) is 7.63. The Labute approximate surface area is 192 Å². The van der Waals surface area contributed by atoms with E-state index < -0.39 is 0 Å². The first-order valence-corrected chi connectivity index (χ1v) is 12.6. The third-order valence-corrected chi connectivity index (χ3v) is 7.46. The average molecular weight is 453 g/mol. The zero-order valence-corrected chi connectivity index (χ0v) is 19.4. The van der Waals surface area contributed by atoms with Crippen molar-refractivity contribution in [1.82, 2.24) is 4.98 Å². The SMILES string of the molecule is COc1ccc(-c2csc(NC(=O)C=Cc3cc(CCC4CCCCC4)cs3)n2)cc1. The highest BCUT2D eigenvalue weighted by Gasteiger charge is 2.13. The molecular formula is C25H28N2O2S2. The van der Waals surface area contributed by atoms with Gasteiger partial charge in [-0.25, -0.2) is 4.98 Å². The number of nitrogens with zero attached hydrogens (tertiary/aromatic N) is 1. The first-order chi connectivity index (χ1) is 15.2. The van der Waals surface area contributed by atoms with Crippen molar-refractivity contribution in [3.05, 3.63) is 57.6 Å². The molecule has 1 aromatic carbocycles. The van der Waals surface area contributed by atoms with E-state index in [1.807, 2.05) is 35.7 Å². The number of anilines is 1. The summed E-state index contributed by atoms with van der Waals surface area (Å²) in [5.74, 6) is 1.55. The molecule has 1 fully saturated rings. The second kappa shape index (κ2) is 10.7. The molecule has 2 aromatic heterocycles. The molecule has 1 aliphatic carbocycles. The van der Waals surface area contributed by atoms with Gasteiger partial charge in [0.1, 0.15) is 5.75 Å². The molecule has 4 rings (SSSR count). The van der Waals surface area contributed by atoms with Crippen LogP contribution in [0.2, 0.25) is 0 Å². The molecule has 1 N–H and O–H groups in total. The molecular weight excluding hydrogens is 424 g/mol. The van der Waals surface area contributed by atoms with Gasteiger partial charge >= 0.3 is 0 Å². The lowest BCUT2D eigenvalue weighted by molar-refractivity contribution is -0.111. The van der Waals surface area contributed by atoms with E-state index in [2.05, 4.69) is 21.7 Å². The van der Waals surface area contributed by atoms with Gasteiger partial charge < -0.3 is 4.74 Å². The lowest BCUT2D eigenvalue weighted by atomic mass is 9.85. The summed E-state index contributed by atoms with van der Waals surface area (Å²) >= 11 is 3.12. The monoisotopic (exact) mass is 452 g/mol. The number of amides is 1. The first kappa shape index (κ1) is 21.8. The predicted octanol–water partition coefficient (Wildman–Crippen LogP) is 7.05. The number of carbonyl (C=O) groups is 1. The molecule has 0 aliphatic heterocycles. The van der Waals surface area contributed by atoms with Crippen LogP contribution in [0.3, 0.4) is 0 Å². The summed E-state index contributed by atoms with van der Waals surface area (Å²) in [4.78, 5) is 17.9. The molecule has 1 aliphatic rings. The molecule has 162 valence electrons. The van der Waals surface area contributed by atoms with Crippen LogP contribution in [0.4, 0.5) is 5.13 Å². The highest BCUT2D eigenvalue weighted by Crippen LogP contribution is 2.29. The van der Waals surface area contributed by atoms with Gasteiger partial charge in [-0.3, -0.25) is 10.1 Å². The van der Waals surface area contributed by atoms with Crippen molar-refractivity contribution < 1.29 is 9.53 Å². The topological polar surface area (TPSA) is 51.2 Å². The van der Waals surface area contributed by atoms with Crippen molar-refractivity contribution in [3.8, 4) is 17.0 Å². The number of aryl methyl sites for hydroxylation is 1. The summed E-state index contributed by atoms with van der Waals surface area (Å²) < 4.78 is 5.19. The Morgan fingerprint density at radius 2 is 1.97 bits per heavy atom. The van der Waals surface area contributed by atoms with E-state index in [-0.39, 0.29) is 5.91 Å². The first-order valence-electron chi connectivity index (χ1n) is 10.9. The minimum Gasteiger partial charge on any atom is -0.497 e. The molecule has 0 saturated heterocycles. The van der Waals surface area contributed by atoms with E-state index in [0.717, 1.165) is 34.2 Å². The van der Waals surface area contributed by atoms with E-state index in [4.69, 9.17) is 4.74 Å². The quantitative estimate of drug-likeness (QED) is 0.373. The standard InChI is InChI=1S/C25H28N2O2S2/c1-29-21-11-9-20(10-12-21)23-17-31-25(26-23)27-24(28)14-13-22-15-19(16-30-22)8-7-18-5-3-2-4-6-18/h9-18H,2-8H2,1H3,(H,26,27,28). The fourth-order valence-corrected chi connectivity index (χ4v) is 5.55. The molecule has 0 bridgehead atoms. The maximum atomic E-state index is 12.3. The number of benzene rings is 1. The van der Waals surface area contributed by atoms with Crippen LogP contribution in [0.15, 0.2) is 47.2 Å². The number of aromatic nitrogens is 1. The fraction of sp³-hybridized carbons (Fsp3) is 0.360. The molecule has 0 radical (unpaired) electrons. The van der Waals surface area contributed by atoms with Crippen molar-refractivity contribution in [3.63, 3.8) is 0 Å². The second-order valence-corrected chi connectivity index (χ2v) is 9.79. The Kier molecular flexibility index (Phi) is 7.54. The number of rotatable bonds is 8. The highest BCUT2D eigenvalue weighted by molar-refractivity contribution is 7.14. The number of hydrogen-bond donors (Lipinski definition) is 1. The van der Waals surface area contributed by atoms with E-state index in [1.165, 1.54) is 55.4 Å². The Hall–Kier alpha value is -2.44. The zero-order valence-electron chi connectivity index (χ0n) is 17.8. The molecule has 2 heterocycles. The summed E-state index contributed by atoms with van der Waals surface area (Å²) in [6.45, 7) is 0. The van der Waals surface area contributed by atoms with Crippen LogP contribution in [-0.2, 0) is 11.2 Å². The van der Waals surface area contributed by atoms with Crippen LogP contribution in [-0.4, -0.2) is 18.0 Å². The summed E-state index contributed by atoms with van der Waals surface area (Å²) in [5.41, 5.74) is 3.22. The average Bonchev–Trinajstić information content (AvgIpc) is 3.47. The summed E-state index contributed by atoms with van der Waals surface area (Å²) in [7, 11) is 1.65. The van der Waals surface area contributed by atoms with Crippen LogP contribution < -0.4 is 10.1 Å². The molecule has 3 aromatic rings. The number of methoxy groups -OCH3 is 1. The third-order valence-electron chi connectivity index (χ3n) is 5.76. The minimum absolute atomic E-state index is 0.159. The molecule has 0 atom stereocenters. The van der Waals surface area contributed by atoms with Crippen LogP contribution in [0, 0.1) is 5.92 Å². The number of hydrogen-bond acceptors (Lipinski definition) is 5. The predicted molar refractivity (Wildman–Crippen MR) is 131 cm³/mol. The minimum atomic E-state index is -0.159. The van der Waals surface area contributed by atoms with Crippen LogP contribution >= 0.6 is 22.7 Å². The van der Waals surface area contributed by atoms with E-state index in [0.29, 0.717) is 5.13 Å². The van der Waals surface area contributed by atoms with Crippen molar-refractivity contribution >= 4 is 39.8 Å². The van der Waals surface area contributed by atoms with Crippen molar-refractivity contribution in [2.75, 3.05) is 12.4 Å². The van der Waals surface area contributed by atoms with Gasteiger partial charge in [-0.1, -0.05) is 32.1 Å². The largest absolute Gasteiger partial charge is 0.497 e. The van der Waals surface area contributed by atoms with Crippen molar-refractivity contribution in [2.45, 2.75) is 44.9 Å². The van der Waals surface area contributed by atoms with Gasteiger partial charge in [0.2, 0.25) is 5.91 Å². The Morgan fingerprint density at radius 3 is 2.74 bits per heavy atom. The lowest BCUT2D eigenvalue weighted by Crippen LogP contribution is -2.07. The zero-order chi connectivity index (χ0) is 21.5. The molecule has 31 heavy (non-hydrogen) atoms. The maximum absolute atomic E-state index is 12.3. The maximum Gasteiger partial charge on any atom is 0.250 e. The van der Waals surface area contributed by atoms with Gasteiger partial charge in [-0.15, -0.1) is 22.7 Å². The van der Waals surface area contributed by atoms with Crippen molar-refractivity contribution in [1.29, 1.82) is 0 Å². The van der Waals surface area contributed by atoms with Gasteiger partial charge in [0.25, 0.3) is 0 Å². The van der Waals surface area contributed by atoms with Gasteiger partial charge in [-0.05, 0) is 66.1 Å². The number of thiazole rings is 1. The Bertz CT molecular complexity index is 1010. The number of nitrogens with one attached hydrogen (secondary N) is 1. The number of ether oxygens (including phenoxy) is 1. The normalized spacial score (nSPS) is 14.7. The lowest BCUT2D eigenvalue weighted by Gasteiger charge is -2.20. The third kappa shape index (κ3) is 6.28. The number of thiophene rings is 1. The fourth-order valence-electron chi connectivity index (χ4n) is 3.99. The highest BCUT2D eigenvalue weighted by atomic mass is 32.1. The van der Waals surface area contributed by atoms with E-state index in [9.17, 15) is 4.79 Å². The Morgan fingerprint density at radius 1 is 1.16 bits per heavy atom. The summed E-state index contributed by atoms with van der Waals surface area (Å²) in [6, 6.07) is 9.94. The van der Waals surface area contributed by atoms with E-state index in [1.54, 1.807) is 24.5 Å². The van der Waals surface area contributed by atoms with Gasteiger partial charge in [0.15, 0.2) is 5.13 Å².